The second-order valence-electron chi connectivity index (χ2n) is 30.8. The van der Waals surface area contributed by atoms with Crippen LogP contribution in [0.4, 0.5) is 46.0 Å². The number of nitrogens with zero attached hydrogens (tertiary/aromatic N) is 8. The van der Waals surface area contributed by atoms with E-state index in [4.69, 9.17) is 68.0 Å². The van der Waals surface area contributed by atoms with Crippen LogP contribution in [0.5, 0.6) is 0 Å². The van der Waals surface area contributed by atoms with Gasteiger partial charge in [-0.3, -0.25) is 40.8 Å². The zero-order valence-corrected chi connectivity index (χ0v) is 75.1. The quantitative estimate of drug-likeness (QED) is 0.0197. The molecule has 0 unspecified atom stereocenters. The van der Waals surface area contributed by atoms with Gasteiger partial charge in [0.25, 0.3) is 23.6 Å². The summed E-state index contributed by atoms with van der Waals surface area (Å²) in [6.45, 7) is 11.5. The molecule has 30 heteroatoms. The number of piperazine rings is 1. The number of anilines is 8. The Bertz CT molecular complexity index is 5330. The van der Waals surface area contributed by atoms with E-state index in [1.165, 1.54) is 44.0 Å². The maximum absolute atomic E-state index is 12.8. The molecule has 0 aliphatic carbocycles. The molecule has 4 saturated heterocycles. The van der Waals surface area contributed by atoms with E-state index in [0.29, 0.717) is 115 Å². The third kappa shape index (κ3) is 28.1. The average molecular weight is 1820 g/mol. The van der Waals surface area contributed by atoms with Gasteiger partial charge in [0.2, 0.25) is 0 Å². The van der Waals surface area contributed by atoms with E-state index in [9.17, 15) is 19.2 Å². The molecule has 0 saturated carbocycles. The van der Waals surface area contributed by atoms with Crippen LogP contribution in [0.2, 0.25) is 20.1 Å². The maximum atomic E-state index is 12.8. The molecule has 4 aliphatic rings. The standard InChI is InChI=1S/C26H28ClN5O.C25H26ClN5O.C24H25ClN6O.C24H24ClN5OS/c27-21-13-14-24(30-18-21)31-26(33)22-7-3-4-8-23(22)29-17-19-9-11-20(12-10-19)25(28)32-15-5-1-2-6-16-32;26-20-12-13-23(29-17-20)30-25(32)21-6-2-3-7-22(21)28-16-18-8-10-19(11-9-18)24(27)31-14-4-1-5-15-31;25-19-9-10-22(29-16-19)30-24(32)20-3-1-2-4-21(20)28-15-17-5-7-18(8-6-17)23(26)31-13-11-27-12-14-31;25-19-9-10-22(28-16-19)29-24(31)20-3-1-2-4-21(20)27-15-17-5-7-18(8-6-17)23(26)30-11-13-32-14-12-30/h3-4,7-14,18,28-29H,1-2,5-6,15-17H2,(H,30,31,33);2-3,6-13,17,27-28H,1,4-5,14-16H2,(H,29,30,32);1-10,16,26-28H,11-15H2,(H,29,30,32);1-10,16,26-27H,11-15H2,(H,28,29,31). The van der Waals surface area contributed by atoms with Crippen molar-refractivity contribution < 1.29 is 19.2 Å². The Morgan fingerprint density at radius 1 is 0.295 bits per heavy atom. The molecule has 8 aromatic carbocycles. The van der Waals surface area contributed by atoms with Crippen LogP contribution in [0, 0.1) is 21.6 Å². The van der Waals surface area contributed by atoms with Gasteiger partial charge in [-0.15, -0.1) is 0 Å². The Labute approximate surface area is 776 Å². The lowest BCUT2D eigenvalue weighted by atomic mass is 10.1. The Morgan fingerprint density at radius 2 is 0.527 bits per heavy atom. The van der Waals surface area contributed by atoms with Gasteiger partial charge < -0.3 is 67.5 Å². The number of amidine groups is 4. The molecule has 0 radical (unpaired) electrons. The van der Waals surface area contributed by atoms with Gasteiger partial charge in [-0.1, -0.05) is 205 Å². The molecule has 25 nitrogen and oxygen atoms in total. The molecule has 16 rings (SSSR count). The van der Waals surface area contributed by atoms with Crippen LogP contribution in [0.1, 0.15) is 131 Å². The van der Waals surface area contributed by atoms with Crippen molar-refractivity contribution in [2.75, 3.05) is 119 Å². The first-order chi connectivity index (χ1) is 62.9. The number of hydrogen-bond acceptors (Lipinski definition) is 18. The molecule has 4 fully saturated rings. The minimum atomic E-state index is -0.247. The normalized spacial score (nSPS) is 13.6. The average Bonchev–Trinajstić information content (AvgIpc) is 0.895. The molecule has 4 amide bonds. The first-order valence-corrected chi connectivity index (χ1v) is 45.6. The lowest BCUT2D eigenvalue weighted by Gasteiger charge is -2.29. The largest absolute Gasteiger partial charge is 0.380 e. The SMILES string of the molecule is N=C(c1ccc(CNc2ccccc2C(=O)Nc2ccc(Cl)cn2)cc1)N1CCCCC1.N=C(c1ccc(CNc2ccccc2C(=O)Nc2ccc(Cl)cn2)cc1)N1CCCCCC1.N=C(c1ccc(CNc2ccccc2C(=O)Nc2ccc(Cl)cn2)cc1)N1CCNCC1.N=C(c1ccc(CNc2ccccc2C(=O)Nc2ccc(Cl)cn2)cc1)N1CCSCC1. The van der Waals surface area contributed by atoms with Crippen LogP contribution in [0.15, 0.2) is 267 Å². The molecule has 662 valence electrons. The molecule has 0 spiro atoms. The number of carbonyl (C=O) groups is 4. The minimum absolute atomic E-state index is 0.242. The van der Waals surface area contributed by atoms with Gasteiger partial charge >= 0.3 is 0 Å². The van der Waals surface area contributed by atoms with E-state index in [0.717, 1.165) is 170 Å². The van der Waals surface area contributed by atoms with Gasteiger partial charge in [-0.25, -0.2) is 19.9 Å². The van der Waals surface area contributed by atoms with Crippen molar-refractivity contribution in [3.63, 3.8) is 0 Å². The second-order valence-corrected chi connectivity index (χ2v) is 33.8. The summed E-state index contributed by atoms with van der Waals surface area (Å²) in [5, 5.41) is 63.9. The van der Waals surface area contributed by atoms with Crippen LogP contribution >= 0.6 is 58.2 Å². The number of aromatic nitrogens is 4. The summed E-state index contributed by atoms with van der Waals surface area (Å²) in [5.41, 5.74) is 13.1. The molecule has 0 bridgehead atoms. The van der Waals surface area contributed by atoms with E-state index in [2.05, 4.69) is 87.4 Å². The van der Waals surface area contributed by atoms with Crippen molar-refractivity contribution >= 4 is 151 Å². The van der Waals surface area contributed by atoms with Crippen LogP contribution in [-0.2, 0) is 26.2 Å². The number of carbonyl (C=O) groups excluding carboxylic acids is 4. The highest BCUT2D eigenvalue weighted by Gasteiger charge is 2.23. The molecule has 4 aliphatic heterocycles. The molecule has 0 atom stereocenters. The van der Waals surface area contributed by atoms with Crippen molar-refractivity contribution in [2.45, 2.75) is 71.1 Å². The molecular weight excluding hydrogens is 1720 g/mol. The molecular formula is C99H103Cl4N21O4S. The number of likely N-dealkylation sites (tertiary alicyclic amines) is 2. The van der Waals surface area contributed by atoms with E-state index in [1.807, 2.05) is 182 Å². The summed E-state index contributed by atoms with van der Waals surface area (Å²) < 4.78 is 0. The Morgan fingerprint density at radius 3 is 0.775 bits per heavy atom. The van der Waals surface area contributed by atoms with Crippen LogP contribution in [0.3, 0.4) is 0 Å². The van der Waals surface area contributed by atoms with Crippen molar-refractivity contribution in [3.05, 3.63) is 354 Å². The van der Waals surface area contributed by atoms with Crippen LogP contribution < -0.4 is 47.9 Å². The number of halogens is 4. The van der Waals surface area contributed by atoms with E-state index >= 15 is 0 Å². The third-order valence-electron chi connectivity index (χ3n) is 21.8. The zero-order valence-electron chi connectivity index (χ0n) is 71.3. The summed E-state index contributed by atoms with van der Waals surface area (Å²) in [6, 6.07) is 75.0. The lowest BCUT2D eigenvalue weighted by molar-refractivity contribution is 0.101. The number of rotatable bonds is 24. The smallest absolute Gasteiger partial charge is 0.258 e. The molecule has 13 N–H and O–H groups in total. The summed E-state index contributed by atoms with van der Waals surface area (Å²) >= 11 is 25.4. The molecule has 4 aromatic heterocycles. The Hall–Kier alpha value is -13.2. The highest BCUT2D eigenvalue weighted by atomic mass is 35.5. The van der Waals surface area contributed by atoms with Crippen molar-refractivity contribution in [1.82, 2.24) is 44.9 Å². The summed E-state index contributed by atoms with van der Waals surface area (Å²) in [6.07, 6.45) is 14.4. The highest BCUT2D eigenvalue weighted by Crippen LogP contribution is 2.27. The summed E-state index contributed by atoms with van der Waals surface area (Å²) in [4.78, 5) is 76.0. The first-order valence-electron chi connectivity index (χ1n) is 42.9. The number of amides is 4. The van der Waals surface area contributed by atoms with Gasteiger partial charge in [0, 0.05) is 173 Å². The fourth-order valence-electron chi connectivity index (χ4n) is 14.6. The first kappa shape index (κ1) is 93.4. The predicted octanol–water partition coefficient (Wildman–Crippen LogP) is 20.0. The number of hydrogen-bond donors (Lipinski definition) is 13. The summed E-state index contributed by atoms with van der Waals surface area (Å²) in [5.74, 6) is 5.30. The minimum Gasteiger partial charge on any atom is -0.380 e. The predicted molar refractivity (Wildman–Crippen MR) is 526 cm³/mol. The van der Waals surface area contributed by atoms with Gasteiger partial charge in [-0.05, 0) is 151 Å². The third-order valence-corrected chi connectivity index (χ3v) is 23.6. The lowest BCUT2D eigenvalue weighted by Crippen LogP contribution is -2.46. The van der Waals surface area contributed by atoms with E-state index < -0.39 is 0 Å². The number of pyridine rings is 4. The number of nitrogens with one attached hydrogen (secondary N) is 13. The fourth-order valence-corrected chi connectivity index (χ4v) is 16.0. The fraction of sp³-hybridized carbons (Fsp3) is 0.232. The van der Waals surface area contributed by atoms with Gasteiger partial charge in [-0.2, -0.15) is 11.8 Å². The Kier molecular flexibility index (Phi) is 34.8. The van der Waals surface area contributed by atoms with Gasteiger partial charge in [0.05, 0.1) is 42.3 Å². The summed E-state index contributed by atoms with van der Waals surface area (Å²) in [7, 11) is 0. The second kappa shape index (κ2) is 48.1. The topological polar surface area (TPSA) is 336 Å². The molecule has 129 heavy (non-hydrogen) atoms. The van der Waals surface area contributed by atoms with Crippen molar-refractivity contribution in [1.29, 1.82) is 21.6 Å². The number of para-hydroxylation sites is 4. The van der Waals surface area contributed by atoms with Crippen LogP contribution in [0.25, 0.3) is 0 Å². The molecule has 12 aromatic rings. The zero-order chi connectivity index (χ0) is 90.1. The highest BCUT2D eigenvalue weighted by molar-refractivity contribution is 7.99. The van der Waals surface area contributed by atoms with Crippen molar-refractivity contribution in [3.8, 4) is 0 Å². The molecule has 8 heterocycles. The van der Waals surface area contributed by atoms with E-state index in [1.54, 1.807) is 72.8 Å². The number of piperidine rings is 1. The van der Waals surface area contributed by atoms with Crippen molar-refractivity contribution in [2.24, 2.45) is 0 Å². The van der Waals surface area contributed by atoms with Gasteiger partial charge in [0.15, 0.2) is 0 Å². The van der Waals surface area contributed by atoms with Gasteiger partial charge in [0.1, 0.15) is 46.6 Å². The Balaban J connectivity index is 0.000000147. The maximum Gasteiger partial charge on any atom is 0.258 e. The van der Waals surface area contributed by atoms with Crippen LogP contribution in [-0.4, -0.2) is 163 Å². The van der Waals surface area contributed by atoms with E-state index in [-0.39, 0.29) is 23.6 Å². The number of benzene rings is 8. The monoisotopic (exact) mass is 1820 g/mol. The number of thioether (sulfide) groups is 1.